The minimum absolute atomic E-state index is 0.0925. The molecule has 6 heteroatoms. The second kappa shape index (κ2) is 5.38. The smallest absolute Gasteiger partial charge is 0.233 e. The van der Waals surface area contributed by atoms with Crippen molar-refractivity contribution in [3.8, 4) is 0 Å². The van der Waals surface area contributed by atoms with Gasteiger partial charge in [-0.15, -0.1) is 11.3 Å². The number of nitrogens with zero attached hydrogens (tertiary/aromatic N) is 1. The van der Waals surface area contributed by atoms with E-state index in [0.29, 0.717) is 4.88 Å². The highest BCUT2D eigenvalue weighted by Crippen LogP contribution is 2.48. The van der Waals surface area contributed by atoms with E-state index in [1.807, 2.05) is 53.6 Å². The van der Waals surface area contributed by atoms with E-state index in [1.165, 1.54) is 11.3 Å². The van der Waals surface area contributed by atoms with E-state index in [2.05, 4.69) is 5.32 Å². The molecule has 0 spiro atoms. The van der Waals surface area contributed by atoms with E-state index < -0.39 is 17.9 Å². The summed E-state index contributed by atoms with van der Waals surface area (Å²) in [4.78, 5) is 41.0. The van der Waals surface area contributed by atoms with Crippen LogP contribution < -0.4 is 10.2 Å². The summed E-state index contributed by atoms with van der Waals surface area (Å²) >= 11 is 1.37. The Kier molecular flexibility index (Phi) is 3.21. The van der Waals surface area contributed by atoms with Crippen molar-refractivity contribution < 1.29 is 14.4 Å². The first kappa shape index (κ1) is 15.5. The van der Waals surface area contributed by atoms with Gasteiger partial charge in [0.1, 0.15) is 6.04 Å². The number of carbonyl (C=O) groups excluding carboxylic acids is 3. The first-order chi connectivity index (χ1) is 12.6. The van der Waals surface area contributed by atoms with Crippen LogP contribution in [0, 0.1) is 11.8 Å². The van der Waals surface area contributed by atoms with Gasteiger partial charge in [0.05, 0.1) is 22.8 Å². The van der Waals surface area contributed by atoms with Gasteiger partial charge in [-0.2, -0.15) is 0 Å². The molecule has 5 rings (SSSR count). The number of carbonyl (C=O) groups is 3. The predicted molar refractivity (Wildman–Crippen MR) is 98.9 cm³/mol. The molecule has 5 nitrogen and oxygen atoms in total. The van der Waals surface area contributed by atoms with Crippen LogP contribution in [0.15, 0.2) is 47.9 Å². The number of anilines is 1. The molecule has 26 heavy (non-hydrogen) atoms. The van der Waals surface area contributed by atoms with Crippen LogP contribution in [0.3, 0.4) is 0 Å². The number of allylic oxidation sites excluding steroid dienone is 1. The third-order valence-corrected chi connectivity index (χ3v) is 6.51. The first-order valence-electron chi connectivity index (χ1n) is 8.56. The minimum atomic E-state index is -0.666. The average Bonchev–Trinajstić information content (AvgIpc) is 3.33. The Morgan fingerprint density at radius 1 is 1.08 bits per heavy atom. The molecule has 4 heterocycles. The molecular formula is C20H16N2O3S. The van der Waals surface area contributed by atoms with Crippen molar-refractivity contribution in [1.29, 1.82) is 0 Å². The van der Waals surface area contributed by atoms with Crippen LogP contribution in [-0.4, -0.2) is 29.7 Å². The van der Waals surface area contributed by atoms with Crippen LogP contribution in [-0.2, 0) is 9.59 Å². The van der Waals surface area contributed by atoms with Crippen molar-refractivity contribution >= 4 is 40.2 Å². The summed E-state index contributed by atoms with van der Waals surface area (Å²) in [7, 11) is 0. The van der Waals surface area contributed by atoms with Gasteiger partial charge in [0, 0.05) is 11.3 Å². The number of fused-ring (bicyclic) bond motifs is 5. The summed E-state index contributed by atoms with van der Waals surface area (Å²) in [6.07, 6.45) is 2.03. The van der Waals surface area contributed by atoms with Gasteiger partial charge < -0.3 is 4.90 Å². The van der Waals surface area contributed by atoms with E-state index >= 15 is 0 Å². The Bertz CT molecular complexity index is 979. The molecule has 2 saturated heterocycles. The summed E-state index contributed by atoms with van der Waals surface area (Å²) in [6, 6.07) is 10.5. The number of imide groups is 1. The largest absolute Gasteiger partial charge is 0.352 e. The molecule has 0 aliphatic carbocycles. The second-order valence-corrected chi connectivity index (χ2v) is 7.90. The quantitative estimate of drug-likeness (QED) is 0.657. The summed E-state index contributed by atoms with van der Waals surface area (Å²) in [6.45, 7) is 2.01. The lowest BCUT2D eigenvalue weighted by molar-refractivity contribution is -0.126. The van der Waals surface area contributed by atoms with E-state index in [0.717, 1.165) is 16.8 Å². The molecular weight excluding hydrogens is 348 g/mol. The number of para-hydroxylation sites is 1. The van der Waals surface area contributed by atoms with Crippen LogP contribution in [0.25, 0.3) is 5.57 Å². The summed E-state index contributed by atoms with van der Waals surface area (Å²) in [5, 5.41) is 4.29. The highest BCUT2D eigenvalue weighted by Gasteiger charge is 2.61. The predicted octanol–water partition coefficient (Wildman–Crippen LogP) is 2.49. The number of hydrogen-bond donors (Lipinski definition) is 1. The van der Waals surface area contributed by atoms with Gasteiger partial charge in [-0.1, -0.05) is 30.3 Å². The van der Waals surface area contributed by atoms with E-state index in [4.69, 9.17) is 0 Å². The Hall–Kier alpha value is -2.73. The van der Waals surface area contributed by atoms with Crippen molar-refractivity contribution in [2.45, 2.75) is 19.0 Å². The lowest BCUT2D eigenvalue weighted by atomic mass is 9.86. The van der Waals surface area contributed by atoms with Gasteiger partial charge in [-0.25, -0.2) is 0 Å². The zero-order valence-corrected chi connectivity index (χ0v) is 14.8. The molecule has 2 fully saturated rings. The number of thiophene rings is 1. The summed E-state index contributed by atoms with van der Waals surface area (Å²) < 4.78 is 0. The molecule has 0 unspecified atom stereocenters. The topological polar surface area (TPSA) is 66.5 Å². The van der Waals surface area contributed by atoms with Gasteiger partial charge in [0.25, 0.3) is 0 Å². The fourth-order valence-electron chi connectivity index (χ4n) is 4.58. The molecule has 2 aromatic rings. The Labute approximate surface area is 154 Å². The molecule has 0 radical (unpaired) electrons. The van der Waals surface area contributed by atoms with Crippen molar-refractivity contribution in [1.82, 2.24) is 5.32 Å². The van der Waals surface area contributed by atoms with Crippen LogP contribution in [0.5, 0.6) is 0 Å². The zero-order chi connectivity index (χ0) is 18.0. The molecule has 1 aromatic heterocycles. The highest BCUT2D eigenvalue weighted by molar-refractivity contribution is 7.12. The van der Waals surface area contributed by atoms with Crippen LogP contribution >= 0.6 is 11.3 Å². The monoisotopic (exact) mass is 364 g/mol. The first-order valence-corrected chi connectivity index (χ1v) is 9.44. The van der Waals surface area contributed by atoms with Crippen molar-refractivity contribution in [2.75, 3.05) is 4.90 Å². The number of benzene rings is 1. The van der Waals surface area contributed by atoms with Gasteiger partial charge in [0.2, 0.25) is 11.8 Å². The van der Waals surface area contributed by atoms with Crippen LogP contribution in [0.2, 0.25) is 0 Å². The second-order valence-electron chi connectivity index (χ2n) is 6.96. The molecule has 2 amide bonds. The number of nitrogens with one attached hydrogen (secondary N) is 1. The lowest BCUT2D eigenvalue weighted by Gasteiger charge is -2.37. The number of rotatable bonds is 2. The van der Waals surface area contributed by atoms with E-state index in [1.54, 1.807) is 6.07 Å². The van der Waals surface area contributed by atoms with Crippen LogP contribution in [0.4, 0.5) is 5.69 Å². The normalized spacial score (nSPS) is 29.0. The number of ketones is 1. The van der Waals surface area contributed by atoms with Crippen LogP contribution in [0.1, 0.15) is 22.2 Å². The zero-order valence-electron chi connectivity index (χ0n) is 14.0. The molecule has 1 aromatic carbocycles. The third kappa shape index (κ3) is 1.93. The molecule has 1 N–H and O–H groups in total. The maximum Gasteiger partial charge on any atom is 0.233 e. The summed E-state index contributed by atoms with van der Waals surface area (Å²) in [5.74, 6) is -1.89. The Balaban J connectivity index is 1.71. The van der Waals surface area contributed by atoms with E-state index in [9.17, 15) is 14.4 Å². The highest BCUT2D eigenvalue weighted by atomic mass is 32.1. The van der Waals surface area contributed by atoms with Crippen molar-refractivity contribution in [3.63, 3.8) is 0 Å². The molecule has 0 bridgehead atoms. The van der Waals surface area contributed by atoms with Crippen molar-refractivity contribution in [2.24, 2.45) is 11.8 Å². The van der Waals surface area contributed by atoms with Gasteiger partial charge >= 0.3 is 0 Å². The minimum Gasteiger partial charge on any atom is -0.352 e. The number of hydrogen-bond acceptors (Lipinski definition) is 5. The lowest BCUT2D eigenvalue weighted by Crippen LogP contribution is -2.48. The maximum absolute atomic E-state index is 13.3. The van der Waals surface area contributed by atoms with Gasteiger partial charge in [-0.05, 0) is 30.0 Å². The SMILES string of the molecule is CC1=C[C@H]2[C@H]3C(=O)NC(=O)[C@@H]3[C@@H](C(=O)c3cccs3)N2c2ccccc21. The fraction of sp³-hybridized carbons (Fsp3) is 0.250. The summed E-state index contributed by atoms with van der Waals surface area (Å²) in [5.41, 5.74) is 3.03. The van der Waals surface area contributed by atoms with Gasteiger partial charge in [-0.3, -0.25) is 19.7 Å². The van der Waals surface area contributed by atoms with Crippen molar-refractivity contribution in [3.05, 3.63) is 58.3 Å². The molecule has 3 aliphatic heterocycles. The van der Waals surface area contributed by atoms with E-state index in [-0.39, 0.29) is 23.6 Å². The number of Topliss-reactive ketones (excluding diaryl/α,β-unsaturated/α-hetero) is 1. The maximum atomic E-state index is 13.3. The standard InChI is InChI=1S/C20H16N2O3S/c1-10-9-13-15-16(20(25)21-19(15)24)17(18(23)14-7-4-8-26-14)22(13)12-6-3-2-5-11(10)12/h2-9,13,15-17H,1H3,(H,21,24,25)/t13-,15+,16-,17-/m0/s1. The average molecular weight is 364 g/mol. The Morgan fingerprint density at radius 3 is 2.62 bits per heavy atom. The third-order valence-electron chi connectivity index (χ3n) is 5.63. The fourth-order valence-corrected chi connectivity index (χ4v) is 5.28. The molecule has 130 valence electrons. The van der Waals surface area contributed by atoms with Gasteiger partial charge in [0.15, 0.2) is 5.78 Å². The number of amides is 2. The molecule has 4 atom stereocenters. The molecule has 0 saturated carbocycles. The Morgan fingerprint density at radius 2 is 1.85 bits per heavy atom. The molecule has 3 aliphatic rings.